The SMILES string of the molecule is CSCCCNC(=S)Nc1cccnc1Cl. The van der Waals surface area contributed by atoms with Gasteiger partial charge in [0, 0.05) is 12.7 Å². The number of nitrogens with one attached hydrogen (secondary N) is 2. The first-order chi connectivity index (χ1) is 7.74. The van der Waals surface area contributed by atoms with Crippen LogP contribution in [0.1, 0.15) is 6.42 Å². The molecule has 88 valence electrons. The second-order valence-corrected chi connectivity index (χ2v) is 4.82. The Hall–Kier alpha value is -0.520. The van der Waals surface area contributed by atoms with Gasteiger partial charge in [0.2, 0.25) is 0 Å². The molecule has 0 spiro atoms. The Kier molecular flexibility index (Phi) is 6.52. The van der Waals surface area contributed by atoms with Crippen molar-refractivity contribution in [1.29, 1.82) is 0 Å². The Bertz CT molecular complexity index is 347. The van der Waals surface area contributed by atoms with Crippen molar-refractivity contribution in [3.8, 4) is 0 Å². The zero-order chi connectivity index (χ0) is 11.8. The van der Waals surface area contributed by atoms with E-state index in [1.54, 1.807) is 6.20 Å². The highest BCUT2D eigenvalue weighted by atomic mass is 35.5. The van der Waals surface area contributed by atoms with Gasteiger partial charge in [0.05, 0.1) is 5.69 Å². The molecule has 1 aromatic rings. The molecule has 3 nitrogen and oxygen atoms in total. The molecule has 0 atom stereocenters. The van der Waals surface area contributed by atoms with E-state index in [4.69, 9.17) is 23.8 Å². The summed E-state index contributed by atoms with van der Waals surface area (Å²) in [4.78, 5) is 3.95. The maximum atomic E-state index is 5.89. The number of nitrogens with zero attached hydrogens (tertiary/aromatic N) is 1. The summed E-state index contributed by atoms with van der Waals surface area (Å²) in [6, 6.07) is 3.65. The maximum Gasteiger partial charge on any atom is 0.170 e. The van der Waals surface area contributed by atoms with E-state index in [0.717, 1.165) is 24.4 Å². The van der Waals surface area contributed by atoms with E-state index in [2.05, 4.69) is 21.9 Å². The summed E-state index contributed by atoms with van der Waals surface area (Å²) >= 11 is 12.8. The lowest BCUT2D eigenvalue weighted by Crippen LogP contribution is -2.29. The third kappa shape index (κ3) is 5.01. The smallest absolute Gasteiger partial charge is 0.170 e. The van der Waals surface area contributed by atoms with E-state index in [0.29, 0.717) is 10.3 Å². The van der Waals surface area contributed by atoms with Gasteiger partial charge in [-0.1, -0.05) is 11.6 Å². The fraction of sp³-hybridized carbons (Fsp3) is 0.400. The first-order valence-electron chi connectivity index (χ1n) is 4.88. The van der Waals surface area contributed by atoms with Crippen molar-refractivity contribution < 1.29 is 0 Å². The normalized spacial score (nSPS) is 9.88. The molecule has 0 fully saturated rings. The molecule has 1 heterocycles. The van der Waals surface area contributed by atoms with Crippen LogP contribution in [0.25, 0.3) is 0 Å². The molecular weight excluding hydrogens is 262 g/mol. The van der Waals surface area contributed by atoms with Crippen LogP contribution in [0.4, 0.5) is 5.69 Å². The number of thioether (sulfide) groups is 1. The van der Waals surface area contributed by atoms with Crippen molar-refractivity contribution >= 4 is 46.4 Å². The van der Waals surface area contributed by atoms with Gasteiger partial charge in [-0.25, -0.2) is 4.98 Å². The summed E-state index contributed by atoms with van der Waals surface area (Å²) in [7, 11) is 0. The third-order valence-corrected chi connectivity index (χ3v) is 3.06. The molecule has 0 aliphatic heterocycles. The Balaban J connectivity index is 2.32. The molecular formula is C10H14ClN3S2. The van der Waals surface area contributed by atoms with Crippen molar-refractivity contribution in [3.63, 3.8) is 0 Å². The van der Waals surface area contributed by atoms with Gasteiger partial charge in [0.15, 0.2) is 10.3 Å². The second-order valence-electron chi connectivity index (χ2n) is 3.07. The molecule has 0 bridgehead atoms. The van der Waals surface area contributed by atoms with Crippen molar-refractivity contribution in [2.24, 2.45) is 0 Å². The molecule has 6 heteroatoms. The van der Waals surface area contributed by atoms with E-state index in [9.17, 15) is 0 Å². The number of hydrogen-bond acceptors (Lipinski definition) is 3. The lowest BCUT2D eigenvalue weighted by Gasteiger charge is -2.10. The lowest BCUT2D eigenvalue weighted by atomic mass is 10.4. The maximum absolute atomic E-state index is 5.89. The summed E-state index contributed by atoms with van der Waals surface area (Å²) in [6.07, 6.45) is 4.82. The monoisotopic (exact) mass is 275 g/mol. The number of rotatable bonds is 5. The first kappa shape index (κ1) is 13.5. The van der Waals surface area contributed by atoms with Crippen LogP contribution in [0.3, 0.4) is 0 Å². The molecule has 0 radical (unpaired) electrons. The second kappa shape index (κ2) is 7.70. The number of anilines is 1. The van der Waals surface area contributed by atoms with Crippen LogP contribution >= 0.6 is 35.6 Å². The third-order valence-electron chi connectivity index (χ3n) is 1.82. The van der Waals surface area contributed by atoms with Crippen LogP contribution < -0.4 is 10.6 Å². The average molecular weight is 276 g/mol. The fourth-order valence-electron chi connectivity index (χ4n) is 1.06. The van der Waals surface area contributed by atoms with Crippen LogP contribution in [0.2, 0.25) is 5.15 Å². The number of thiocarbonyl (C=S) groups is 1. The topological polar surface area (TPSA) is 37.0 Å². The van der Waals surface area contributed by atoms with Gasteiger partial charge in [-0.15, -0.1) is 0 Å². The van der Waals surface area contributed by atoms with Crippen LogP contribution in [0.5, 0.6) is 0 Å². The molecule has 1 aromatic heterocycles. The minimum atomic E-state index is 0.427. The summed E-state index contributed by atoms with van der Waals surface area (Å²) in [6.45, 7) is 0.866. The van der Waals surface area contributed by atoms with Gasteiger partial charge in [0.25, 0.3) is 0 Å². The lowest BCUT2D eigenvalue weighted by molar-refractivity contribution is 0.855. The van der Waals surface area contributed by atoms with Crippen LogP contribution in [-0.2, 0) is 0 Å². The molecule has 0 unspecified atom stereocenters. The summed E-state index contributed by atoms with van der Waals surface area (Å²) in [5.41, 5.74) is 0.728. The predicted molar refractivity (Wildman–Crippen MR) is 76.5 cm³/mol. The molecule has 0 amide bonds. The highest BCUT2D eigenvalue weighted by Gasteiger charge is 2.01. The minimum absolute atomic E-state index is 0.427. The zero-order valence-electron chi connectivity index (χ0n) is 9.00. The number of hydrogen-bond donors (Lipinski definition) is 2. The predicted octanol–water partition coefficient (Wildman–Crippen LogP) is 2.77. The molecule has 0 aliphatic rings. The van der Waals surface area contributed by atoms with Crippen molar-refractivity contribution in [1.82, 2.24) is 10.3 Å². The van der Waals surface area contributed by atoms with Gasteiger partial charge >= 0.3 is 0 Å². The quantitative estimate of drug-likeness (QED) is 0.491. The zero-order valence-corrected chi connectivity index (χ0v) is 11.4. The summed E-state index contributed by atoms with van der Waals surface area (Å²) < 4.78 is 0. The van der Waals surface area contributed by atoms with E-state index in [1.165, 1.54) is 0 Å². The Morgan fingerprint density at radius 1 is 1.62 bits per heavy atom. The van der Waals surface area contributed by atoms with Crippen molar-refractivity contribution in [3.05, 3.63) is 23.5 Å². The van der Waals surface area contributed by atoms with Gasteiger partial charge in [0.1, 0.15) is 0 Å². The largest absolute Gasteiger partial charge is 0.362 e. The van der Waals surface area contributed by atoms with E-state index in [1.807, 2.05) is 23.9 Å². The molecule has 0 aromatic carbocycles. The Morgan fingerprint density at radius 2 is 2.44 bits per heavy atom. The van der Waals surface area contributed by atoms with Crippen LogP contribution in [0, 0.1) is 0 Å². The summed E-state index contributed by atoms with van der Waals surface area (Å²) in [5.74, 6) is 1.13. The highest BCUT2D eigenvalue weighted by Crippen LogP contribution is 2.16. The average Bonchev–Trinajstić information content (AvgIpc) is 2.28. The van der Waals surface area contributed by atoms with Gasteiger partial charge in [-0.2, -0.15) is 11.8 Å². The fourth-order valence-corrected chi connectivity index (χ4v) is 1.88. The summed E-state index contributed by atoms with van der Waals surface area (Å²) in [5, 5.41) is 7.13. The van der Waals surface area contributed by atoms with E-state index in [-0.39, 0.29) is 0 Å². The van der Waals surface area contributed by atoms with E-state index < -0.39 is 0 Å². The molecule has 0 saturated heterocycles. The van der Waals surface area contributed by atoms with E-state index >= 15 is 0 Å². The number of halogens is 1. The van der Waals surface area contributed by atoms with Crippen molar-refractivity contribution in [2.45, 2.75) is 6.42 Å². The van der Waals surface area contributed by atoms with Crippen molar-refractivity contribution in [2.75, 3.05) is 23.9 Å². The molecule has 2 N–H and O–H groups in total. The Morgan fingerprint density at radius 3 is 3.12 bits per heavy atom. The minimum Gasteiger partial charge on any atom is -0.362 e. The first-order valence-corrected chi connectivity index (χ1v) is 7.06. The molecule has 16 heavy (non-hydrogen) atoms. The van der Waals surface area contributed by atoms with Gasteiger partial charge in [-0.3, -0.25) is 0 Å². The van der Waals surface area contributed by atoms with Crippen LogP contribution in [-0.4, -0.2) is 28.6 Å². The molecule has 0 aliphatic carbocycles. The number of pyridine rings is 1. The van der Waals surface area contributed by atoms with Gasteiger partial charge < -0.3 is 10.6 Å². The highest BCUT2D eigenvalue weighted by molar-refractivity contribution is 7.98. The molecule has 1 rings (SSSR count). The van der Waals surface area contributed by atoms with Crippen LogP contribution in [0.15, 0.2) is 18.3 Å². The molecule has 0 saturated carbocycles. The van der Waals surface area contributed by atoms with Gasteiger partial charge in [-0.05, 0) is 42.8 Å². The Labute approximate surface area is 110 Å². The number of aromatic nitrogens is 1. The standard InChI is InChI=1S/C10H14ClN3S2/c1-16-7-3-6-13-10(15)14-8-4-2-5-12-9(8)11/h2,4-5H,3,6-7H2,1H3,(H2,13,14,15).